The van der Waals surface area contributed by atoms with Crippen LogP contribution in [-0.2, 0) is 0 Å². The zero-order valence-corrected chi connectivity index (χ0v) is 26.1. The molecule has 0 unspecified atom stereocenters. The Morgan fingerprint density at radius 3 is 1.32 bits per heavy atom. The number of benzene rings is 9. The molecule has 0 aliphatic carbocycles. The van der Waals surface area contributed by atoms with Crippen molar-refractivity contribution in [1.29, 1.82) is 0 Å². The second kappa shape index (κ2) is 10.4. The summed E-state index contributed by atoms with van der Waals surface area (Å²) in [4.78, 5) is 0. The standard InChI is InChI=1S/C48H30N2/c1-2-12-33(13-3-1)49-45-20-10-8-18-40(45)43-28-31(22-26-47(43)49)32-23-27-48-44(29-32)41-19-9-11-21-46(41)50(48)34-24-25-39-37-16-5-4-14-35(37)36-15-6-7-17-38(36)42(39)30-34/h1-30H/i8D,9D,10D,11D,18D,19D,20D,21D,22D,23D,26D,27D,28D,29D. The maximum atomic E-state index is 9.88. The van der Waals surface area contributed by atoms with Gasteiger partial charge in [-0.15, -0.1) is 0 Å². The van der Waals surface area contributed by atoms with Gasteiger partial charge in [0.05, 0.1) is 41.3 Å². The fraction of sp³-hybridized carbons (Fsp3) is 0. The van der Waals surface area contributed by atoms with E-state index in [2.05, 4.69) is 6.07 Å². The van der Waals surface area contributed by atoms with Gasteiger partial charge in [-0.3, -0.25) is 0 Å². The van der Waals surface area contributed by atoms with Gasteiger partial charge in [-0.05, 0) is 104 Å². The maximum Gasteiger partial charge on any atom is 0.0645 e. The second-order valence-electron chi connectivity index (χ2n) is 12.2. The third-order valence-corrected chi connectivity index (χ3v) is 9.57. The molecule has 11 aromatic rings. The van der Waals surface area contributed by atoms with Crippen LogP contribution in [0.2, 0.25) is 0 Å². The highest BCUT2D eigenvalue weighted by Gasteiger charge is 2.17. The van der Waals surface area contributed by atoms with Crippen molar-refractivity contribution in [3.63, 3.8) is 0 Å². The third-order valence-electron chi connectivity index (χ3n) is 9.57. The SMILES string of the molecule is [2H]c1c([2H])c([2H])c2c(c1[2H])c1c([2H])c(-c3c([2H])c([2H])c4c(c3[2H])c3c([2H])c([2H])c([2H])c([2H])c3n4-c3ccc4c5ccccc5c5ccccc5c4c3)c([2H])c([2H])c1n2-c1ccccc1. The molecule has 0 aliphatic rings. The molecule has 50 heavy (non-hydrogen) atoms. The number of para-hydroxylation sites is 3. The number of aromatic nitrogens is 2. The minimum Gasteiger partial charge on any atom is -0.309 e. The molecule has 0 aliphatic heterocycles. The summed E-state index contributed by atoms with van der Waals surface area (Å²) >= 11 is 0. The molecule has 2 aromatic heterocycles. The fourth-order valence-corrected chi connectivity index (χ4v) is 7.41. The van der Waals surface area contributed by atoms with E-state index in [1.807, 2.05) is 54.6 Å². The first-order valence-electron chi connectivity index (χ1n) is 23.1. The molecular weight excluding hydrogens is 605 g/mol. The third kappa shape index (κ3) is 3.85. The number of fused-ring (bicyclic) bond motifs is 12. The molecule has 232 valence electrons. The van der Waals surface area contributed by atoms with E-state index in [0.29, 0.717) is 11.4 Å². The van der Waals surface area contributed by atoms with Crippen molar-refractivity contribution >= 4 is 75.9 Å². The number of hydrogen-bond donors (Lipinski definition) is 0. The minimum absolute atomic E-state index is 0.0326. The van der Waals surface area contributed by atoms with Gasteiger partial charge >= 0.3 is 0 Å². The van der Waals surface area contributed by atoms with Crippen LogP contribution >= 0.6 is 0 Å². The molecule has 0 atom stereocenters. The van der Waals surface area contributed by atoms with Gasteiger partial charge in [0, 0.05) is 32.9 Å². The smallest absolute Gasteiger partial charge is 0.0645 e. The fourth-order valence-electron chi connectivity index (χ4n) is 7.41. The molecule has 0 radical (unpaired) electrons. The Bertz CT molecular complexity index is 3910. The maximum absolute atomic E-state index is 9.88. The van der Waals surface area contributed by atoms with Gasteiger partial charge in [-0.2, -0.15) is 0 Å². The van der Waals surface area contributed by atoms with Gasteiger partial charge in [0.2, 0.25) is 0 Å². The van der Waals surface area contributed by atoms with Crippen LogP contribution in [0.4, 0.5) is 0 Å². The van der Waals surface area contributed by atoms with Gasteiger partial charge in [-0.1, -0.05) is 121 Å². The molecule has 11 rings (SSSR count). The monoisotopic (exact) mass is 648 g/mol. The molecule has 0 amide bonds. The number of rotatable bonds is 3. The predicted octanol–water partition coefficient (Wildman–Crippen LogP) is 13.0. The van der Waals surface area contributed by atoms with Gasteiger partial charge < -0.3 is 9.13 Å². The molecule has 0 fully saturated rings. The van der Waals surface area contributed by atoms with Gasteiger partial charge in [-0.25, -0.2) is 0 Å². The zero-order valence-electron chi connectivity index (χ0n) is 40.1. The van der Waals surface area contributed by atoms with Crippen molar-refractivity contribution in [3.05, 3.63) is 182 Å². The lowest BCUT2D eigenvalue weighted by atomic mass is 9.94. The van der Waals surface area contributed by atoms with Crippen LogP contribution in [0, 0.1) is 0 Å². The largest absolute Gasteiger partial charge is 0.309 e. The summed E-state index contributed by atoms with van der Waals surface area (Å²) in [5.41, 5.74) is -0.209. The zero-order chi connectivity index (χ0) is 44.9. The van der Waals surface area contributed by atoms with Crippen LogP contribution in [0.15, 0.2) is 182 Å². The highest BCUT2D eigenvalue weighted by molar-refractivity contribution is 6.25. The van der Waals surface area contributed by atoms with Crippen LogP contribution in [0.3, 0.4) is 0 Å². The summed E-state index contributed by atoms with van der Waals surface area (Å²) in [5.74, 6) is 0. The normalized spacial score (nSPS) is 15.9. The highest BCUT2D eigenvalue weighted by Crippen LogP contribution is 2.40. The summed E-state index contributed by atoms with van der Waals surface area (Å²) in [6, 6.07) is 22.6. The minimum atomic E-state index is -0.608. The number of hydrogen-bond acceptors (Lipinski definition) is 0. The highest BCUT2D eigenvalue weighted by atomic mass is 15.0. The van der Waals surface area contributed by atoms with E-state index in [1.54, 1.807) is 36.4 Å². The molecular formula is C48H30N2. The summed E-state index contributed by atoms with van der Waals surface area (Å²) in [7, 11) is 0. The van der Waals surface area contributed by atoms with Crippen LogP contribution in [0.1, 0.15) is 19.2 Å². The molecule has 2 heteroatoms. The Labute approximate surface area is 308 Å². The summed E-state index contributed by atoms with van der Waals surface area (Å²) in [6.07, 6.45) is 0. The van der Waals surface area contributed by atoms with Crippen molar-refractivity contribution in [2.45, 2.75) is 0 Å². The first-order chi connectivity index (χ1) is 30.7. The van der Waals surface area contributed by atoms with Crippen LogP contribution in [-0.4, -0.2) is 9.13 Å². The van der Waals surface area contributed by atoms with Gasteiger partial charge in [0.1, 0.15) is 0 Å². The molecule has 9 aromatic carbocycles. The lowest BCUT2D eigenvalue weighted by Crippen LogP contribution is -1.94. The molecule has 0 spiro atoms. The Hall–Kier alpha value is -6.64. The molecule has 0 N–H and O–H groups in total. The summed E-state index contributed by atoms with van der Waals surface area (Å²) < 4.78 is 132. The Morgan fingerprint density at radius 2 is 0.760 bits per heavy atom. The van der Waals surface area contributed by atoms with Crippen molar-refractivity contribution in [3.8, 4) is 22.5 Å². The van der Waals surface area contributed by atoms with E-state index in [9.17, 15) is 11.0 Å². The first kappa shape index (κ1) is 17.1. The molecule has 2 nitrogen and oxygen atoms in total. The quantitative estimate of drug-likeness (QED) is 0.169. The van der Waals surface area contributed by atoms with Crippen molar-refractivity contribution < 1.29 is 19.2 Å². The molecule has 0 saturated heterocycles. The predicted molar refractivity (Wildman–Crippen MR) is 213 cm³/mol. The molecule has 0 bridgehead atoms. The Morgan fingerprint density at radius 1 is 0.320 bits per heavy atom. The van der Waals surface area contributed by atoms with E-state index in [0.717, 1.165) is 32.3 Å². The van der Waals surface area contributed by atoms with Crippen LogP contribution in [0.5, 0.6) is 0 Å². The first-order valence-corrected chi connectivity index (χ1v) is 16.1. The van der Waals surface area contributed by atoms with Crippen molar-refractivity contribution in [2.24, 2.45) is 0 Å². The lowest BCUT2D eigenvalue weighted by Gasteiger charge is -2.14. The molecule has 2 heterocycles. The Kier molecular flexibility index (Phi) is 3.58. The van der Waals surface area contributed by atoms with E-state index in [1.165, 1.54) is 9.13 Å². The lowest BCUT2D eigenvalue weighted by molar-refractivity contribution is 1.18. The number of nitrogens with zero attached hydrogens (tertiary/aromatic N) is 2. The average molecular weight is 649 g/mol. The van der Waals surface area contributed by atoms with Crippen LogP contribution < -0.4 is 0 Å². The molecule has 0 saturated carbocycles. The van der Waals surface area contributed by atoms with E-state index < -0.39 is 95.7 Å². The van der Waals surface area contributed by atoms with E-state index in [-0.39, 0.29) is 43.6 Å². The van der Waals surface area contributed by atoms with E-state index >= 15 is 0 Å². The van der Waals surface area contributed by atoms with Gasteiger partial charge in [0.15, 0.2) is 0 Å². The summed E-state index contributed by atoms with van der Waals surface area (Å²) in [6.45, 7) is 0. The van der Waals surface area contributed by atoms with Crippen molar-refractivity contribution in [2.75, 3.05) is 0 Å². The Balaban J connectivity index is 1.30. The summed E-state index contributed by atoms with van der Waals surface area (Å²) in [5, 5.41) is 5.24. The van der Waals surface area contributed by atoms with E-state index in [4.69, 9.17) is 8.22 Å². The topological polar surface area (TPSA) is 9.86 Å². The second-order valence-corrected chi connectivity index (χ2v) is 12.2. The van der Waals surface area contributed by atoms with Crippen LogP contribution in [0.25, 0.3) is 98.4 Å². The van der Waals surface area contributed by atoms with Crippen molar-refractivity contribution in [1.82, 2.24) is 9.13 Å². The van der Waals surface area contributed by atoms with Gasteiger partial charge in [0.25, 0.3) is 0 Å². The average Bonchev–Trinajstić information content (AvgIpc) is 3.87.